The zero-order chi connectivity index (χ0) is 13.2. The van der Waals surface area contributed by atoms with Gasteiger partial charge >= 0.3 is 0 Å². The lowest BCUT2D eigenvalue weighted by Gasteiger charge is -2.11. The minimum atomic E-state index is 0.375. The maximum absolute atomic E-state index is 5.88. The number of fused-ring (bicyclic) bond motifs is 1. The average Bonchev–Trinajstić information content (AvgIpc) is 3.03. The van der Waals surface area contributed by atoms with Crippen LogP contribution < -0.4 is 4.74 Å². The van der Waals surface area contributed by atoms with Gasteiger partial charge in [0, 0.05) is 22.6 Å². The van der Waals surface area contributed by atoms with Crippen molar-refractivity contribution in [3.05, 3.63) is 42.2 Å². The number of rotatable bonds is 4. The van der Waals surface area contributed by atoms with Gasteiger partial charge in [0.1, 0.15) is 0 Å². The Balaban J connectivity index is 1.64. The predicted octanol–water partition coefficient (Wildman–Crippen LogP) is 3.73. The van der Waals surface area contributed by atoms with Gasteiger partial charge in [-0.1, -0.05) is 18.2 Å². The zero-order valence-corrected chi connectivity index (χ0v) is 12.1. The third-order valence-corrected chi connectivity index (χ3v) is 4.61. The van der Waals surface area contributed by atoms with Crippen LogP contribution in [0.25, 0.3) is 0 Å². The van der Waals surface area contributed by atoms with Crippen molar-refractivity contribution in [2.45, 2.75) is 30.7 Å². The Bertz CT molecular complexity index is 565. The van der Waals surface area contributed by atoms with Crippen molar-refractivity contribution in [1.82, 2.24) is 9.78 Å². The molecule has 4 heteroatoms. The second kappa shape index (κ2) is 5.29. The second-order valence-corrected chi connectivity index (χ2v) is 6.17. The third-order valence-electron chi connectivity index (χ3n) is 3.36. The van der Waals surface area contributed by atoms with Crippen LogP contribution in [-0.2, 0) is 0 Å². The highest BCUT2D eigenvalue weighted by atomic mass is 32.2. The van der Waals surface area contributed by atoms with Crippen molar-refractivity contribution >= 4 is 11.8 Å². The van der Waals surface area contributed by atoms with E-state index in [0.717, 1.165) is 18.1 Å². The second-order valence-electron chi connectivity index (χ2n) is 5.11. The lowest BCUT2D eigenvalue weighted by atomic mass is 10.0. The van der Waals surface area contributed by atoms with Crippen molar-refractivity contribution < 1.29 is 4.74 Å². The first-order valence-corrected chi connectivity index (χ1v) is 7.61. The van der Waals surface area contributed by atoms with E-state index in [-0.39, 0.29) is 0 Å². The standard InChI is InChI=1S/C15H18N2OS/c1-11(2)17-8-13(7-16-17)18-9-12-10-19-15-6-4-3-5-14(12)15/h3-8,11-12H,9-10H2,1-2H3. The summed E-state index contributed by atoms with van der Waals surface area (Å²) in [6, 6.07) is 8.98. The summed E-state index contributed by atoms with van der Waals surface area (Å²) >= 11 is 1.92. The number of hydrogen-bond acceptors (Lipinski definition) is 3. The van der Waals surface area contributed by atoms with E-state index in [1.807, 2.05) is 22.6 Å². The molecule has 0 aliphatic carbocycles. The largest absolute Gasteiger partial charge is 0.490 e. The molecule has 2 heterocycles. The van der Waals surface area contributed by atoms with Gasteiger partial charge in [-0.15, -0.1) is 11.8 Å². The van der Waals surface area contributed by atoms with Crippen LogP contribution in [-0.4, -0.2) is 22.1 Å². The molecule has 0 radical (unpaired) electrons. The van der Waals surface area contributed by atoms with E-state index in [2.05, 4.69) is 43.2 Å². The Labute approximate surface area is 118 Å². The smallest absolute Gasteiger partial charge is 0.157 e. The summed E-state index contributed by atoms with van der Waals surface area (Å²) in [6.07, 6.45) is 3.77. The van der Waals surface area contributed by atoms with E-state index >= 15 is 0 Å². The molecule has 0 bridgehead atoms. The molecular weight excluding hydrogens is 256 g/mol. The zero-order valence-electron chi connectivity index (χ0n) is 11.2. The fourth-order valence-corrected chi connectivity index (χ4v) is 3.47. The number of ether oxygens (including phenoxy) is 1. The molecule has 100 valence electrons. The number of thioether (sulfide) groups is 1. The molecule has 3 rings (SSSR count). The molecule has 3 nitrogen and oxygen atoms in total. The number of nitrogens with zero attached hydrogens (tertiary/aromatic N) is 2. The lowest BCUT2D eigenvalue weighted by molar-refractivity contribution is 0.297. The molecule has 0 N–H and O–H groups in total. The molecule has 0 spiro atoms. The maximum atomic E-state index is 5.88. The highest BCUT2D eigenvalue weighted by molar-refractivity contribution is 7.99. The number of benzene rings is 1. The van der Waals surface area contributed by atoms with E-state index in [0.29, 0.717) is 12.0 Å². The fourth-order valence-electron chi connectivity index (χ4n) is 2.24. The summed E-state index contributed by atoms with van der Waals surface area (Å²) in [4.78, 5) is 1.40. The monoisotopic (exact) mass is 274 g/mol. The van der Waals surface area contributed by atoms with Crippen LogP contribution in [0.15, 0.2) is 41.6 Å². The van der Waals surface area contributed by atoms with E-state index < -0.39 is 0 Å². The summed E-state index contributed by atoms with van der Waals surface area (Å²) in [5.74, 6) is 2.46. The van der Waals surface area contributed by atoms with Crippen molar-refractivity contribution in [1.29, 1.82) is 0 Å². The van der Waals surface area contributed by atoms with E-state index in [1.54, 1.807) is 6.20 Å². The van der Waals surface area contributed by atoms with Crippen LogP contribution in [0.3, 0.4) is 0 Å². The molecule has 1 aromatic carbocycles. The SMILES string of the molecule is CC(C)n1cc(OCC2CSc3ccccc32)cn1. The number of aromatic nitrogens is 2. The Hall–Kier alpha value is -1.42. The van der Waals surface area contributed by atoms with Crippen LogP contribution in [0.4, 0.5) is 0 Å². The van der Waals surface area contributed by atoms with Gasteiger partial charge in [0.05, 0.1) is 19.0 Å². The molecule has 19 heavy (non-hydrogen) atoms. The topological polar surface area (TPSA) is 27.1 Å². The van der Waals surface area contributed by atoms with Crippen molar-refractivity contribution in [3.8, 4) is 5.75 Å². The van der Waals surface area contributed by atoms with Gasteiger partial charge in [-0.2, -0.15) is 5.10 Å². The molecule has 1 aliphatic rings. The van der Waals surface area contributed by atoms with Crippen molar-refractivity contribution in [2.24, 2.45) is 0 Å². The van der Waals surface area contributed by atoms with E-state index in [1.165, 1.54) is 10.5 Å². The molecular formula is C15H18N2OS. The molecule has 0 amide bonds. The Morgan fingerprint density at radius 3 is 3.05 bits per heavy atom. The summed E-state index contributed by atoms with van der Waals surface area (Å²) < 4.78 is 7.80. The highest BCUT2D eigenvalue weighted by Gasteiger charge is 2.23. The summed E-state index contributed by atoms with van der Waals surface area (Å²) in [7, 11) is 0. The van der Waals surface area contributed by atoms with Crippen LogP contribution in [0.5, 0.6) is 5.75 Å². The minimum Gasteiger partial charge on any atom is -0.490 e. The van der Waals surface area contributed by atoms with Gasteiger partial charge < -0.3 is 4.74 Å². The molecule has 1 atom stereocenters. The molecule has 1 aromatic heterocycles. The molecule has 0 saturated carbocycles. The fraction of sp³-hybridized carbons (Fsp3) is 0.400. The van der Waals surface area contributed by atoms with Crippen LogP contribution in [0.2, 0.25) is 0 Å². The first-order valence-electron chi connectivity index (χ1n) is 6.62. The first kappa shape index (κ1) is 12.6. The normalized spacial score (nSPS) is 17.7. The van der Waals surface area contributed by atoms with Crippen LogP contribution in [0.1, 0.15) is 31.4 Å². The highest BCUT2D eigenvalue weighted by Crippen LogP contribution is 2.39. The average molecular weight is 274 g/mol. The molecule has 2 aromatic rings. The van der Waals surface area contributed by atoms with Crippen LogP contribution in [0, 0.1) is 0 Å². The Morgan fingerprint density at radius 1 is 1.42 bits per heavy atom. The van der Waals surface area contributed by atoms with Gasteiger partial charge in [0.2, 0.25) is 0 Å². The van der Waals surface area contributed by atoms with Gasteiger partial charge in [0.25, 0.3) is 0 Å². The quantitative estimate of drug-likeness (QED) is 0.850. The molecule has 1 unspecified atom stereocenters. The van der Waals surface area contributed by atoms with Crippen LogP contribution >= 0.6 is 11.8 Å². The lowest BCUT2D eigenvalue weighted by Crippen LogP contribution is -2.09. The summed E-state index contributed by atoms with van der Waals surface area (Å²) in [6.45, 7) is 4.95. The molecule has 1 aliphatic heterocycles. The Morgan fingerprint density at radius 2 is 2.26 bits per heavy atom. The van der Waals surface area contributed by atoms with Gasteiger partial charge in [-0.05, 0) is 25.5 Å². The summed E-state index contributed by atoms with van der Waals surface area (Å²) in [5.41, 5.74) is 1.42. The van der Waals surface area contributed by atoms with Gasteiger partial charge in [-0.3, -0.25) is 4.68 Å². The van der Waals surface area contributed by atoms with E-state index in [9.17, 15) is 0 Å². The molecule has 0 saturated heterocycles. The summed E-state index contributed by atoms with van der Waals surface area (Å²) in [5, 5.41) is 4.29. The molecule has 0 fully saturated rings. The van der Waals surface area contributed by atoms with Crippen molar-refractivity contribution in [3.63, 3.8) is 0 Å². The third kappa shape index (κ3) is 2.63. The van der Waals surface area contributed by atoms with Gasteiger partial charge in [0.15, 0.2) is 5.75 Å². The van der Waals surface area contributed by atoms with Gasteiger partial charge in [-0.25, -0.2) is 0 Å². The van der Waals surface area contributed by atoms with E-state index in [4.69, 9.17) is 4.74 Å². The number of hydrogen-bond donors (Lipinski definition) is 0. The minimum absolute atomic E-state index is 0.375. The predicted molar refractivity (Wildman–Crippen MR) is 78.0 cm³/mol. The first-order chi connectivity index (χ1) is 9.24. The maximum Gasteiger partial charge on any atom is 0.157 e. The van der Waals surface area contributed by atoms with Crippen molar-refractivity contribution in [2.75, 3.05) is 12.4 Å². The Kier molecular flexibility index (Phi) is 3.51.